The first-order valence-corrected chi connectivity index (χ1v) is 5.17. The highest BCUT2D eigenvalue weighted by Gasteiger charge is 2.23. The van der Waals surface area contributed by atoms with Gasteiger partial charge in [0.1, 0.15) is 18.5 Å². The van der Waals surface area contributed by atoms with Crippen molar-refractivity contribution in [3.8, 4) is 5.75 Å². The number of carboxylic acids is 1. The third-order valence-electron chi connectivity index (χ3n) is 2.52. The predicted molar refractivity (Wildman–Crippen MR) is 58.1 cm³/mol. The van der Waals surface area contributed by atoms with Crippen LogP contribution in [0.5, 0.6) is 5.75 Å². The number of aromatic carboxylic acids is 1. The molecule has 0 aromatic heterocycles. The fourth-order valence-electron chi connectivity index (χ4n) is 1.64. The van der Waals surface area contributed by atoms with Crippen LogP contribution in [0.25, 0.3) is 0 Å². The molecule has 1 heterocycles. The summed E-state index contributed by atoms with van der Waals surface area (Å²) in [4.78, 5) is 10.8. The lowest BCUT2D eigenvalue weighted by molar-refractivity contribution is 0.0696. The second-order valence-corrected chi connectivity index (χ2v) is 4.01. The van der Waals surface area contributed by atoms with E-state index in [1.165, 1.54) is 0 Å². The van der Waals surface area contributed by atoms with E-state index in [0.29, 0.717) is 12.2 Å². The van der Waals surface area contributed by atoms with Crippen LogP contribution in [-0.4, -0.2) is 30.4 Å². The molecule has 16 heavy (non-hydrogen) atoms. The second-order valence-electron chi connectivity index (χ2n) is 4.01. The first-order chi connectivity index (χ1) is 7.58. The Balaban J connectivity index is 2.19. The van der Waals surface area contributed by atoms with Crippen molar-refractivity contribution in [3.05, 3.63) is 28.8 Å². The van der Waals surface area contributed by atoms with E-state index in [0.717, 1.165) is 23.5 Å². The molecule has 1 aromatic carbocycles. The van der Waals surface area contributed by atoms with Crippen LogP contribution in [0.3, 0.4) is 0 Å². The Kier molecular flexibility index (Phi) is 2.83. The minimum absolute atomic E-state index is 0.206. The zero-order chi connectivity index (χ0) is 11.7. The Morgan fingerprint density at radius 1 is 1.50 bits per heavy atom. The third kappa shape index (κ3) is 2.33. The summed E-state index contributed by atoms with van der Waals surface area (Å²) in [6, 6.07) is 3.25. The van der Waals surface area contributed by atoms with Crippen LogP contribution in [-0.2, 0) is 4.74 Å². The molecule has 0 amide bonds. The number of carbonyl (C=O) groups is 1. The average molecular weight is 222 g/mol. The van der Waals surface area contributed by atoms with Gasteiger partial charge in [-0.2, -0.15) is 0 Å². The number of rotatable bonds is 4. The van der Waals surface area contributed by atoms with E-state index in [1.807, 2.05) is 13.8 Å². The molecule has 0 spiro atoms. The van der Waals surface area contributed by atoms with E-state index in [-0.39, 0.29) is 6.10 Å². The Morgan fingerprint density at radius 2 is 2.06 bits per heavy atom. The minimum Gasteiger partial charge on any atom is -0.490 e. The van der Waals surface area contributed by atoms with Gasteiger partial charge in [0.2, 0.25) is 0 Å². The van der Waals surface area contributed by atoms with Crippen LogP contribution >= 0.6 is 0 Å². The van der Waals surface area contributed by atoms with Gasteiger partial charge < -0.3 is 14.6 Å². The van der Waals surface area contributed by atoms with Gasteiger partial charge in [0, 0.05) is 0 Å². The average Bonchev–Trinajstić information content (AvgIpc) is 2.99. The molecule has 0 bridgehead atoms. The molecule has 1 aliphatic rings. The van der Waals surface area contributed by atoms with Gasteiger partial charge in [-0.1, -0.05) is 0 Å². The van der Waals surface area contributed by atoms with Crippen LogP contribution in [0.15, 0.2) is 12.1 Å². The standard InChI is InChI=1S/C12H14O4/c1-7-3-9(12(13)14)4-8(2)11(7)16-6-10-5-15-10/h3-4,10H,5-6H2,1-2H3,(H,13,14). The molecule has 1 N–H and O–H groups in total. The lowest BCUT2D eigenvalue weighted by atomic mass is 10.1. The monoisotopic (exact) mass is 222 g/mol. The van der Waals surface area contributed by atoms with Gasteiger partial charge in [-0.15, -0.1) is 0 Å². The van der Waals surface area contributed by atoms with Gasteiger partial charge in [0.15, 0.2) is 0 Å². The molecule has 1 saturated heterocycles. The van der Waals surface area contributed by atoms with Crippen LogP contribution in [0.1, 0.15) is 21.5 Å². The maximum atomic E-state index is 10.8. The summed E-state index contributed by atoms with van der Waals surface area (Å²) in [6.07, 6.45) is 0.206. The van der Waals surface area contributed by atoms with E-state index in [4.69, 9.17) is 14.6 Å². The maximum Gasteiger partial charge on any atom is 0.335 e. The largest absolute Gasteiger partial charge is 0.490 e. The lowest BCUT2D eigenvalue weighted by Gasteiger charge is -2.12. The topological polar surface area (TPSA) is 59.1 Å². The third-order valence-corrected chi connectivity index (χ3v) is 2.52. The van der Waals surface area contributed by atoms with Crippen molar-refractivity contribution in [2.45, 2.75) is 20.0 Å². The van der Waals surface area contributed by atoms with Crippen LogP contribution in [0, 0.1) is 13.8 Å². The molecule has 4 heteroatoms. The fourth-order valence-corrected chi connectivity index (χ4v) is 1.64. The molecule has 1 aliphatic heterocycles. The van der Waals surface area contributed by atoms with Gasteiger partial charge >= 0.3 is 5.97 Å². The SMILES string of the molecule is Cc1cc(C(=O)O)cc(C)c1OCC1CO1. The Morgan fingerprint density at radius 3 is 2.50 bits per heavy atom. The van der Waals surface area contributed by atoms with E-state index >= 15 is 0 Å². The molecule has 0 aliphatic carbocycles. The molecule has 2 rings (SSSR count). The van der Waals surface area contributed by atoms with Crippen LogP contribution < -0.4 is 4.74 Å². The van der Waals surface area contributed by atoms with Crippen molar-refractivity contribution in [1.82, 2.24) is 0 Å². The van der Waals surface area contributed by atoms with E-state index in [9.17, 15) is 4.79 Å². The van der Waals surface area contributed by atoms with E-state index in [1.54, 1.807) is 12.1 Å². The van der Waals surface area contributed by atoms with Crippen molar-refractivity contribution in [2.24, 2.45) is 0 Å². The van der Waals surface area contributed by atoms with Crippen LogP contribution in [0.2, 0.25) is 0 Å². The number of carboxylic acid groups (broad SMARTS) is 1. The normalized spacial score (nSPS) is 18.2. The molecule has 1 atom stereocenters. The maximum absolute atomic E-state index is 10.8. The molecule has 86 valence electrons. The minimum atomic E-state index is -0.914. The summed E-state index contributed by atoms with van der Waals surface area (Å²) >= 11 is 0. The van der Waals surface area contributed by atoms with Crippen molar-refractivity contribution in [3.63, 3.8) is 0 Å². The molecule has 0 saturated carbocycles. The van der Waals surface area contributed by atoms with E-state index < -0.39 is 5.97 Å². The van der Waals surface area contributed by atoms with Crippen LogP contribution in [0.4, 0.5) is 0 Å². The summed E-state index contributed by atoms with van der Waals surface area (Å²) in [5.74, 6) is -0.149. The molecule has 1 fully saturated rings. The smallest absolute Gasteiger partial charge is 0.335 e. The first kappa shape index (κ1) is 11.0. The molecule has 0 radical (unpaired) electrons. The molecular formula is C12H14O4. The van der Waals surface area contributed by atoms with Gasteiger partial charge in [0.05, 0.1) is 12.2 Å². The zero-order valence-corrected chi connectivity index (χ0v) is 9.32. The summed E-state index contributed by atoms with van der Waals surface area (Å²) < 4.78 is 10.7. The fraction of sp³-hybridized carbons (Fsp3) is 0.417. The highest BCUT2D eigenvalue weighted by Crippen LogP contribution is 2.26. The quantitative estimate of drug-likeness (QED) is 0.789. The Bertz CT molecular complexity index is 398. The van der Waals surface area contributed by atoms with E-state index in [2.05, 4.69) is 0 Å². The number of benzene rings is 1. The number of ether oxygens (including phenoxy) is 2. The number of epoxide rings is 1. The van der Waals surface area contributed by atoms with Gasteiger partial charge in [-0.3, -0.25) is 0 Å². The molecule has 1 aromatic rings. The second kappa shape index (κ2) is 4.14. The van der Waals surface area contributed by atoms with Crippen molar-refractivity contribution in [1.29, 1.82) is 0 Å². The van der Waals surface area contributed by atoms with Crippen molar-refractivity contribution >= 4 is 5.97 Å². The summed E-state index contributed by atoms with van der Waals surface area (Å²) in [5.41, 5.74) is 1.99. The molecule has 1 unspecified atom stereocenters. The van der Waals surface area contributed by atoms with Crippen molar-refractivity contribution in [2.75, 3.05) is 13.2 Å². The Hall–Kier alpha value is -1.55. The highest BCUT2D eigenvalue weighted by atomic mass is 16.6. The first-order valence-electron chi connectivity index (χ1n) is 5.17. The lowest BCUT2D eigenvalue weighted by Crippen LogP contribution is -2.07. The number of hydrogen-bond donors (Lipinski definition) is 1. The van der Waals surface area contributed by atoms with Gasteiger partial charge in [0.25, 0.3) is 0 Å². The van der Waals surface area contributed by atoms with Gasteiger partial charge in [-0.05, 0) is 37.1 Å². The molecule has 4 nitrogen and oxygen atoms in total. The number of aryl methyl sites for hydroxylation is 2. The zero-order valence-electron chi connectivity index (χ0n) is 9.32. The molecular weight excluding hydrogens is 208 g/mol. The highest BCUT2D eigenvalue weighted by molar-refractivity contribution is 5.88. The number of hydrogen-bond acceptors (Lipinski definition) is 3. The summed E-state index contributed by atoms with van der Waals surface area (Å²) in [5, 5.41) is 8.89. The Labute approximate surface area is 93.8 Å². The van der Waals surface area contributed by atoms with Gasteiger partial charge in [-0.25, -0.2) is 4.79 Å². The predicted octanol–water partition coefficient (Wildman–Crippen LogP) is 1.78. The summed E-state index contributed by atoms with van der Waals surface area (Å²) in [6.45, 7) is 4.99. The van der Waals surface area contributed by atoms with Crippen molar-refractivity contribution < 1.29 is 19.4 Å². The summed E-state index contributed by atoms with van der Waals surface area (Å²) in [7, 11) is 0.